The minimum Gasteiger partial charge on any atom is -0.340 e. The number of amides is 1. The maximum atomic E-state index is 11.8. The first-order chi connectivity index (χ1) is 9.08. The molecule has 7 nitrogen and oxygen atoms in total. The SMILES string of the molecule is Cc1[nH]nc2c1C(c1cccc([N+](=O)[O-])c1)NC2=O. The molecular formula is C12H10N4O3. The van der Waals surface area contributed by atoms with Crippen LogP contribution in [0, 0.1) is 17.0 Å². The number of aryl methyl sites for hydroxylation is 1. The topological polar surface area (TPSA) is 101 Å². The lowest BCUT2D eigenvalue weighted by atomic mass is 10.00. The summed E-state index contributed by atoms with van der Waals surface area (Å²) in [6.45, 7) is 1.82. The van der Waals surface area contributed by atoms with Crippen LogP contribution in [-0.2, 0) is 0 Å². The summed E-state index contributed by atoms with van der Waals surface area (Å²) >= 11 is 0. The van der Waals surface area contributed by atoms with E-state index in [1.54, 1.807) is 12.1 Å². The van der Waals surface area contributed by atoms with E-state index in [0.717, 1.165) is 11.3 Å². The highest BCUT2D eigenvalue weighted by Crippen LogP contribution is 2.33. The molecule has 1 aliphatic rings. The summed E-state index contributed by atoms with van der Waals surface area (Å²) in [5.74, 6) is -0.268. The number of carbonyl (C=O) groups is 1. The first kappa shape index (κ1) is 11.4. The van der Waals surface area contributed by atoms with Gasteiger partial charge in [0.1, 0.15) is 0 Å². The van der Waals surface area contributed by atoms with Crippen molar-refractivity contribution in [1.82, 2.24) is 15.5 Å². The Kier molecular flexibility index (Phi) is 2.34. The fraction of sp³-hybridized carbons (Fsp3) is 0.167. The summed E-state index contributed by atoms with van der Waals surface area (Å²) in [4.78, 5) is 22.1. The Balaban J connectivity index is 2.09. The van der Waals surface area contributed by atoms with Gasteiger partial charge in [0.25, 0.3) is 11.6 Å². The van der Waals surface area contributed by atoms with E-state index in [1.165, 1.54) is 12.1 Å². The smallest absolute Gasteiger partial charge is 0.272 e. The highest BCUT2D eigenvalue weighted by Gasteiger charge is 2.34. The molecule has 3 rings (SSSR count). The zero-order valence-electron chi connectivity index (χ0n) is 10.0. The van der Waals surface area contributed by atoms with Crippen molar-refractivity contribution in [1.29, 1.82) is 0 Å². The molecule has 0 spiro atoms. The van der Waals surface area contributed by atoms with Crippen molar-refractivity contribution in [2.24, 2.45) is 0 Å². The quantitative estimate of drug-likeness (QED) is 0.628. The number of nitro benzene ring substituents is 1. The maximum absolute atomic E-state index is 11.8. The average Bonchev–Trinajstić information content (AvgIpc) is 2.92. The fourth-order valence-corrected chi connectivity index (χ4v) is 2.30. The van der Waals surface area contributed by atoms with Gasteiger partial charge in [-0.3, -0.25) is 20.0 Å². The van der Waals surface area contributed by atoms with E-state index in [9.17, 15) is 14.9 Å². The Morgan fingerprint density at radius 1 is 1.42 bits per heavy atom. The maximum Gasteiger partial charge on any atom is 0.272 e. The van der Waals surface area contributed by atoms with Crippen LogP contribution in [0.5, 0.6) is 0 Å². The van der Waals surface area contributed by atoms with Crippen molar-refractivity contribution in [2.45, 2.75) is 13.0 Å². The molecule has 0 saturated carbocycles. The van der Waals surface area contributed by atoms with Crippen LogP contribution in [0.2, 0.25) is 0 Å². The van der Waals surface area contributed by atoms with E-state index >= 15 is 0 Å². The molecule has 1 amide bonds. The van der Waals surface area contributed by atoms with Gasteiger partial charge in [-0.1, -0.05) is 12.1 Å². The van der Waals surface area contributed by atoms with E-state index in [-0.39, 0.29) is 17.6 Å². The number of nitrogens with one attached hydrogen (secondary N) is 2. The first-order valence-electron chi connectivity index (χ1n) is 5.68. The van der Waals surface area contributed by atoms with Gasteiger partial charge >= 0.3 is 0 Å². The van der Waals surface area contributed by atoms with Crippen LogP contribution in [0.15, 0.2) is 24.3 Å². The molecule has 96 valence electrons. The molecular weight excluding hydrogens is 248 g/mol. The Labute approximate surface area is 107 Å². The summed E-state index contributed by atoms with van der Waals surface area (Å²) in [6.07, 6.45) is 0. The first-order valence-corrected chi connectivity index (χ1v) is 5.68. The number of nitrogens with zero attached hydrogens (tertiary/aromatic N) is 2. The molecule has 19 heavy (non-hydrogen) atoms. The number of hydrogen-bond donors (Lipinski definition) is 2. The molecule has 2 N–H and O–H groups in total. The molecule has 2 heterocycles. The molecule has 0 fully saturated rings. The van der Waals surface area contributed by atoms with E-state index < -0.39 is 4.92 Å². The normalized spacial score (nSPS) is 17.1. The zero-order valence-corrected chi connectivity index (χ0v) is 10.0. The largest absolute Gasteiger partial charge is 0.340 e. The number of non-ortho nitro benzene ring substituents is 1. The van der Waals surface area contributed by atoms with Gasteiger partial charge < -0.3 is 5.32 Å². The van der Waals surface area contributed by atoms with Gasteiger partial charge in [-0.25, -0.2) is 0 Å². The monoisotopic (exact) mass is 258 g/mol. The lowest BCUT2D eigenvalue weighted by Crippen LogP contribution is -2.21. The molecule has 1 aromatic carbocycles. The molecule has 0 bridgehead atoms. The summed E-state index contributed by atoms with van der Waals surface area (Å²) in [5.41, 5.74) is 2.57. The van der Waals surface area contributed by atoms with Gasteiger partial charge in [-0.15, -0.1) is 0 Å². The van der Waals surface area contributed by atoms with Gasteiger partial charge in [-0.05, 0) is 12.5 Å². The predicted octanol–water partition coefficient (Wildman–Crippen LogP) is 1.46. The number of rotatable bonds is 2. The second kappa shape index (κ2) is 3.91. The number of nitro groups is 1. The summed E-state index contributed by atoms with van der Waals surface area (Å²) in [7, 11) is 0. The Hall–Kier alpha value is -2.70. The standard InChI is InChI=1S/C12H10N4O3/c1-6-9-10(13-12(17)11(9)15-14-6)7-3-2-4-8(5-7)16(18)19/h2-5,10H,1H3,(H,13,17)(H,14,15). The average molecular weight is 258 g/mol. The minimum absolute atomic E-state index is 0.00125. The van der Waals surface area contributed by atoms with Crippen LogP contribution >= 0.6 is 0 Å². The van der Waals surface area contributed by atoms with Crippen molar-refractivity contribution in [3.8, 4) is 0 Å². The van der Waals surface area contributed by atoms with Crippen LogP contribution < -0.4 is 5.32 Å². The van der Waals surface area contributed by atoms with Crippen molar-refractivity contribution in [3.63, 3.8) is 0 Å². The number of hydrogen-bond acceptors (Lipinski definition) is 4. The van der Waals surface area contributed by atoms with E-state index in [0.29, 0.717) is 11.3 Å². The number of fused-ring (bicyclic) bond motifs is 1. The number of H-pyrrole nitrogens is 1. The zero-order chi connectivity index (χ0) is 13.6. The summed E-state index contributed by atoms with van der Waals surface area (Å²) in [5, 5.41) is 20.3. The number of benzene rings is 1. The van der Waals surface area contributed by atoms with Crippen molar-refractivity contribution in [3.05, 3.63) is 56.9 Å². The third-order valence-corrected chi connectivity index (χ3v) is 3.19. The molecule has 0 saturated heterocycles. The van der Waals surface area contributed by atoms with Crippen LogP contribution in [-0.4, -0.2) is 21.0 Å². The van der Waals surface area contributed by atoms with E-state index in [2.05, 4.69) is 15.5 Å². The molecule has 0 radical (unpaired) electrons. The molecule has 2 aromatic rings. The van der Waals surface area contributed by atoms with E-state index in [1.807, 2.05) is 6.92 Å². The molecule has 7 heteroatoms. The summed E-state index contributed by atoms with van der Waals surface area (Å²) < 4.78 is 0. The number of carbonyl (C=O) groups excluding carboxylic acids is 1. The predicted molar refractivity (Wildman–Crippen MR) is 65.7 cm³/mol. The third-order valence-electron chi connectivity index (χ3n) is 3.19. The van der Waals surface area contributed by atoms with Crippen LogP contribution in [0.3, 0.4) is 0 Å². The summed E-state index contributed by atoms with van der Waals surface area (Å²) in [6, 6.07) is 5.85. The van der Waals surface area contributed by atoms with Gasteiger partial charge in [-0.2, -0.15) is 5.10 Å². The lowest BCUT2D eigenvalue weighted by molar-refractivity contribution is -0.384. The molecule has 1 aliphatic heterocycles. The fourth-order valence-electron chi connectivity index (χ4n) is 2.30. The second-order valence-electron chi connectivity index (χ2n) is 4.37. The molecule has 1 unspecified atom stereocenters. The van der Waals surface area contributed by atoms with E-state index in [4.69, 9.17) is 0 Å². The van der Waals surface area contributed by atoms with Gasteiger partial charge in [0.2, 0.25) is 0 Å². The third kappa shape index (κ3) is 1.67. The molecule has 1 aromatic heterocycles. The lowest BCUT2D eigenvalue weighted by Gasteiger charge is -2.11. The van der Waals surface area contributed by atoms with Crippen LogP contribution in [0.25, 0.3) is 0 Å². The van der Waals surface area contributed by atoms with Crippen molar-refractivity contribution in [2.75, 3.05) is 0 Å². The highest BCUT2D eigenvalue weighted by atomic mass is 16.6. The molecule has 0 aliphatic carbocycles. The minimum atomic E-state index is -0.455. The second-order valence-corrected chi connectivity index (χ2v) is 4.37. The van der Waals surface area contributed by atoms with Gasteiger partial charge in [0.05, 0.1) is 11.0 Å². The van der Waals surface area contributed by atoms with Gasteiger partial charge in [0.15, 0.2) is 5.69 Å². The van der Waals surface area contributed by atoms with Gasteiger partial charge in [0, 0.05) is 23.4 Å². The highest BCUT2D eigenvalue weighted by molar-refractivity contribution is 5.98. The molecule has 1 atom stereocenters. The number of aromatic amines is 1. The Bertz CT molecular complexity index is 692. The Morgan fingerprint density at radius 2 is 2.21 bits per heavy atom. The van der Waals surface area contributed by atoms with Crippen molar-refractivity contribution >= 4 is 11.6 Å². The number of aromatic nitrogens is 2. The van der Waals surface area contributed by atoms with Crippen LogP contribution in [0.4, 0.5) is 5.69 Å². The van der Waals surface area contributed by atoms with Crippen molar-refractivity contribution < 1.29 is 9.72 Å². The Morgan fingerprint density at radius 3 is 2.95 bits per heavy atom. The van der Waals surface area contributed by atoms with Crippen LogP contribution in [0.1, 0.15) is 33.4 Å².